The lowest BCUT2D eigenvalue weighted by molar-refractivity contribution is -0.290. The molecule has 5 nitrogen and oxygen atoms in total. The first kappa shape index (κ1) is 56.6. The molecule has 0 spiro atoms. The summed E-state index contributed by atoms with van der Waals surface area (Å²) in [7, 11) is 0. The van der Waals surface area contributed by atoms with Crippen LogP contribution in [-0.2, 0) is 16.2 Å². The van der Waals surface area contributed by atoms with Gasteiger partial charge in [-0.05, 0) is 102 Å². The van der Waals surface area contributed by atoms with Gasteiger partial charge in [-0.15, -0.1) is 0 Å². The Balaban J connectivity index is 0.000000232. The zero-order valence-electron chi connectivity index (χ0n) is 36.8. The number of nitrogen functional groups attached to an aromatic ring is 4. The fraction of sp³-hybridized carbons (Fsp3) is 0.250. The maximum absolute atomic E-state index is 13.8. The lowest BCUT2D eigenvalue weighted by Gasteiger charge is -2.38. The number of phenolic OH excluding ortho intramolecular Hbond substituents is 1. The van der Waals surface area contributed by atoms with Crippen LogP contribution >= 0.6 is 0 Å². The monoisotopic (exact) mass is 1030 g/mol. The number of alkyl halides is 18. The van der Waals surface area contributed by atoms with Crippen LogP contribution in [0, 0.1) is 20.8 Å². The number of anilines is 4. The highest BCUT2D eigenvalue weighted by Gasteiger charge is 2.74. The maximum Gasteiger partial charge on any atom is 0.411 e. The van der Waals surface area contributed by atoms with E-state index in [2.05, 4.69) is 0 Å². The van der Waals surface area contributed by atoms with Crippen molar-refractivity contribution >= 4 is 22.7 Å². The molecule has 6 rings (SSSR count). The van der Waals surface area contributed by atoms with Gasteiger partial charge in [0.2, 0.25) is 16.2 Å². The molecule has 0 amide bonds. The average molecular weight is 1030 g/mol. The van der Waals surface area contributed by atoms with Gasteiger partial charge in [-0.3, -0.25) is 0 Å². The Labute approximate surface area is 392 Å². The van der Waals surface area contributed by atoms with E-state index in [-0.39, 0.29) is 17.1 Å². The number of nitrogens with two attached hydrogens (primary N) is 4. The molecule has 0 atom stereocenters. The zero-order chi connectivity index (χ0) is 54.1. The second kappa shape index (κ2) is 19.7. The van der Waals surface area contributed by atoms with E-state index in [1.54, 1.807) is 6.92 Å². The first-order chi connectivity index (χ1) is 32.3. The van der Waals surface area contributed by atoms with Gasteiger partial charge < -0.3 is 28.0 Å². The molecule has 6 aromatic carbocycles. The number of halogens is 18. The highest BCUT2D eigenvalue weighted by Crippen LogP contribution is 2.59. The molecule has 9 N–H and O–H groups in total. The molecule has 384 valence electrons. The molecule has 0 radical (unpaired) electrons. The number of aromatic hydroxyl groups is 1. The van der Waals surface area contributed by atoms with Gasteiger partial charge in [0.15, 0.2) is 0 Å². The molecular weight excluding hydrogens is 991 g/mol. The lowest BCUT2D eigenvalue weighted by atomic mass is 9.72. The molecule has 0 heterocycles. The minimum Gasteiger partial charge on any atom is -0.506 e. The Morgan fingerprint density at radius 3 is 1.03 bits per heavy atom. The van der Waals surface area contributed by atoms with Crippen LogP contribution in [0.5, 0.6) is 5.75 Å². The molecule has 0 unspecified atom stereocenters. The summed E-state index contributed by atoms with van der Waals surface area (Å²) in [5.41, 5.74) is 3.48. The molecule has 71 heavy (non-hydrogen) atoms. The molecule has 0 aromatic heterocycles. The van der Waals surface area contributed by atoms with Crippen LogP contribution in [-0.4, -0.2) is 42.2 Å². The Kier molecular flexibility index (Phi) is 15.7. The summed E-state index contributed by atoms with van der Waals surface area (Å²) in [6, 6.07) is 20.0. The van der Waals surface area contributed by atoms with E-state index in [9.17, 15) is 84.1 Å². The van der Waals surface area contributed by atoms with Gasteiger partial charge in [-0.25, -0.2) is 0 Å². The van der Waals surface area contributed by atoms with Crippen LogP contribution in [0.1, 0.15) is 50.1 Å². The van der Waals surface area contributed by atoms with Gasteiger partial charge >= 0.3 is 37.1 Å². The topological polar surface area (TPSA) is 124 Å². The van der Waals surface area contributed by atoms with Crippen LogP contribution in [0.15, 0.2) is 133 Å². The number of hydrogen-bond acceptors (Lipinski definition) is 5. The van der Waals surface area contributed by atoms with Crippen molar-refractivity contribution in [3.63, 3.8) is 0 Å². The van der Waals surface area contributed by atoms with Crippen molar-refractivity contribution in [1.82, 2.24) is 0 Å². The molecule has 0 bridgehead atoms. The van der Waals surface area contributed by atoms with Crippen LogP contribution < -0.4 is 22.9 Å². The van der Waals surface area contributed by atoms with Crippen LogP contribution in [0.25, 0.3) is 0 Å². The Morgan fingerprint density at radius 2 is 0.648 bits per heavy atom. The fourth-order valence-corrected chi connectivity index (χ4v) is 7.79. The van der Waals surface area contributed by atoms with Crippen LogP contribution in [0.4, 0.5) is 102 Å². The zero-order valence-corrected chi connectivity index (χ0v) is 36.8. The molecule has 0 saturated heterocycles. The van der Waals surface area contributed by atoms with Gasteiger partial charge in [-0.2, -0.15) is 79.0 Å². The molecule has 0 aliphatic rings. The van der Waals surface area contributed by atoms with Crippen LogP contribution in [0.3, 0.4) is 0 Å². The number of benzene rings is 6. The smallest absolute Gasteiger partial charge is 0.411 e. The van der Waals surface area contributed by atoms with Crippen molar-refractivity contribution < 1.29 is 84.1 Å². The first-order valence-corrected chi connectivity index (χ1v) is 20.0. The summed E-state index contributed by atoms with van der Waals surface area (Å²) >= 11 is 0. The maximum atomic E-state index is 13.8. The largest absolute Gasteiger partial charge is 0.506 e. The number of aryl methyl sites for hydroxylation is 3. The van der Waals surface area contributed by atoms with Crippen molar-refractivity contribution in [2.75, 3.05) is 22.9 Å². The Morgan fingerprint density at radius 1 is 0.310 bits per heavy atom. The highest BCUT2D eigenvalue weighted by atomic mass is 19.4. The minimum absolute atomic E-state index is 0.0795. The second-order valence-corrected chi connectivity index (χ2v) is 16.1. The van der Waals surface area contributed by atoms with E-state index >= 15 is 0 Å². The number of rotatable bonds is 6. The first-order valence-electron chi connectivity index (χ1n) is 20.0. The summed E-state index contributed by atoms with van der Waals surface area (Å²) in [6.07, 6.45) is -33.8. The predicted octanol–water partition coefficient (Wildman–Crippen LogP) is 14.3. The molecule has 6 aromatic rings. The molecule has 0 aliphatic carbocycles. The summed E-state index contributed by atoms with van der Waals surface area (Å²) in [5.74, 6) is -0.620. The molecule has 23 heteroatoms. The fourth-order valence-electron chi connectivity index (χ4n) is 7.79. The van der Waals surface area contributed by atoms with E-state index in [4.69, 9.17) is 22.9 Å². The standard InChI is InChI=1S/C16H14F6N2O.2C16H13F6N/c1-8-2-3-9(6-11(8)23)14(15(17,18)19,16(20,21)22)10-4-5-13(25)12(24)7-10;1-10-2-4-11(5-3-10)14(15(17,18)19,16(20,21)22)12-6-8-13(23)9-7-12;1-10-4-2-5-11(8-10)14(15(17,18)19,16(20,21)22)12-6-3-7-13(23)9-12/h2-7,25H,23-24H2,1H3;2*2-9H,23H2,1H3. The summed E-state index contributed by atoms with van der Waals surface area (Å²) in [6.45, 7) is 4.47. The van der Waals surface area contributed by atoms with Gasteiger partial charge in [0, 0.05) is 17.1 Å². The van der Waals surface area contributed by atoms with Gasteiger partial charge in [0.05, 0.1) is 5.69 Å². The van der Waals surface area contributed by atoms with Crippen molar-refractivity contribution in [3.05, 3.63) is 184 Å². The summed E-state index contributed by atoms with van der Waals surface area (Å²) in [5, 5.41) is 9.36. The van der Waals surface area contributed by atoms with Crippen molar-refractivity contribution in [1.29, 1.82) is 0 Å². The lowest BCUT2D eigenvalue weighted by Crippen LogP contribution is -2.54. The average Bonchev–Trinajstić information content (AvgIpc) is 3.20. The molecule has 0 saturated carbocycles. The Hall–Kier alpha value is -6.94. The minimum atomic E-state index is -5.74. The molecule has 0 aliphatic heterocycles. The van der Waals surface area contributed by atoms with Gasteiger partial charge in [-0.1, -0.05) is 102 Å². The van der Waals surface area contributed by atoms with E-state index in [0.29, 0.717) is 47.0 Å². The van der Waals surface area contributed by atoms with E-state index in [1.807, 2.05) is 0 Å². The normalized spacial score (nSPS) is 13.1. The van der Waals surface area contributed by atoms with E-state index in [1.165, 1.54) is 44.2 Å². The highest BCUT2D eigenvalue weighted by molar-refractivity contribution is 5.60. The van der Waals surface area contributed by atoms with Gasteiger partial charge in [0.1, 0.15) is 5.75 Å². The molecular formula is C48H40F18N4O. The quantitative estimate of drug-likeness (QED) is 0.0646. The van der Waals surface area contributed by atoms with Crippen molar-refractivity contribution in [3.8, 4) is 5.75 Å². The van der Waals surface area contributed by atoms with E-state index in [0.717, 1.165) is 72.8 Å². The third kappa shape index (κ3) is 10.6. The Bertz CT molecular complexity index is 2580. The number of phenols is 1. The number of hydrogen-bond donors (Lipinski definition) is 5. The van der Waals surface area contributed by atoms with Crippen LogP contribution in [0.2, 0.25) is 0 Å². The summed E-state index contributed by atoms with van der Waals surface area (Å²) in [4.78, 5) is 0. The van der Waals surface area contributed by atoms with Crippen molar-refractivity contribution in [2.24, 2.45) is 0 Å². The van der Waals surface area contributed by atoms with Crippen molar-refractivity contribution in [2.45, 2.75) is 74.1 Å². The predicted molar refractivity (Wildman–Crippen MR) is 231 cm³/mol. The van der Waals surface area contributed by atoms with E-state index < -0.39 is 98.1 Å². The SMILES string of the molecule is Cc1ccc(C(c2ccc(N)cc2)(C(F)(F)F)C(F)(F)F)cc1.Cc1ccc(C(c2ccc(O)c(N)c2)(C(F)(F)F)C(F)(F)F)cc1N.Cc1cccc(C(c2cccc(N)c2)(C(F)(F)F)C(F)(F)F)c1. The van der Waals surface area contributed by atoms with Gasteiger partial charge in [0.25, 0.3) is 0 Å². The third-order valence-corrected chi connectivity index (χ3v) is 11.3. The third-order valence-electron chi connectivity index (χ3n) is 11.3. The summed E-state index contributed by atoms with van der Waals surface area (Å²) < 4.78 is 248. The second-order valence-electron chi connectivity index (χ2n) is 16.1. The molecule has 0 fully saturated rings.